The number of carbonyl (C=O) groups excluding carboxylic acids is 1. The molecule has 0 fully saturated rings. The molecule has 0 bridgehead atoms. The standard InChI is InChI=1S/C13H18O3/c1-4-16-12(14)8-7-11-6-5-9(2)13(15)10(11)3/h5-6,15H,4,7-8H2,1-3H3. The summed E-state index contributed by atoms with van der Waals surface area (Å²) >= 11 is 0. The number of rotatable bonds is 4. The van der Waals surface area contributed by atoms with Crippen LogP contribution in [0.25, 0.3) is 0 Å². The van der Waals surface area contributed by atoms with Crippen LogP contribution >= 0.6 is 0 Å². The molecule has 0 saturated heterocycles. The van der Waals surface area contributed by atoms with Crippen LogP contribution in [0.2, 0.25) is 0 Å². The van der Waals surface area contributed by atoms with Gasteiger partial charge < -0.3 is 9.84 Å². The van der Waals surface area contributed by atoms with Gasteiger partial charge in [0.2, 0.25) is 0 Å². The second-order valence-electron chi connectivity index (χ2n) is 3.82. The van der Waals surface area contributed by atoms with Crippen LogP contribution in [0.4, 0.5) is 0 Å². The van der Waals surface area contributed by atoms with Crippen LogP contribution in [0.5, 0.6) is 5.75 Å². The van der Waals surface area contributed by atoms with E-state index in [0.29, 0.717) is 25.2 Å². The number of hydrogen-bond donors (Lipinski definition) is 1. The third-order valence-corrected chi connectivity index (χ3v) is 2.65. The molecule has 0 heterocycles. The number of carbonyl (C=O) groups is 1. The summed E-state index contributed by atoms with van der Waals surface area (Å²) < 4.78 is 4.86. The van der Waals surface area contributed by atoms with Crippen LogP contribution < -0.4 is 0 Å². The Kier molecular flexibility index (Phi) is 4.35. The summed E-state index contributed by atoms with van der Waals surface area (Å²) in [6.07, 6.45) is 0.968. The van der Waals surface area contributed by atoms with E-state index in [0.717, 1.165) is 16.7 Å². The lowest BCUT2D eigenvalue weighted by Gasteiger charge is -2.09. The highest BCUT2D eigenvalue weighted by atomic mass is 16.5. The Balaban J connectivity index is 2.68. The van der Waals surface area contributed by atoms with Crippen molar-refractivity contribution in [1.82, 2.24) is 0 Å². The highest BCUT2D eigenvalue weighted by molar-refractivity contribution is 5.69. The molecule has 3 nitrogen and oxygen atoms in total. The average molecular weight is 222 g/mol. The zero-order chi connectivity index (χ0) is 12.1. The SMILES string of the molecule is CCOC(=O)CCc1ccc(C)c(O)c1C. The molecule has 1 aromatic carbocycles. The minimum absolute atomic E-state index is 0.193. The quantitative estimate of drug-likeness (QED) is 0.796. The first kappa shape index (κ1) is 12.6. The van der Waals surface area contributed by atoms with Gasteiger partial charge in [-0.15, -0.1) is 0 Å². The highest BCUT2D eigenvalue weighted by Crippen LogP contribution is 2.25. The first-order chi connectivity index (χ1) is 7.56. The summed E-state index contributed by atoms with van der Waals surface area (Å²) in [6.45, 7) is 5.93. The monoisotopic (exact) mass is 222 g/mol. The van der Waals surface area contributed by atoms with Crippen LogP contribution in [0.15, 0.2) is 12.1 Å². The smallest absolute Gasteiger partial charge is 0.306 e. The Morgan fingerprint density at radius 1 is 1.38 bits per heavy atom. The van der Waals surface area contributed by atoms with Gasteiger partial charge in [-0.25, -0.2) is 0 Å². The van der Waals surface area contributed by atoms with Crippen LogP contribution in [0, 0.1) is 13.8 Å². The third-order valence-electron chi connectivity index (χ3n) is 2.65. The first-order valence-electron chi connectivity index (χ1n) is 5.50. The molecule has 0 aliphatic carbocycles. The largest absolute Gasteiger partial charge is 0.507 e. The lowest BCUT2D eigenvalue weighted by Crippen LogP contribution is -2.05. The van der Waals surface area contributed by atoms with Crippen LogP contribution in [-0.2, 0) is 16.0 Å². The van der Waals surface area contributed by atoms with Gasteiger partial charge in [0.1, 0.15) is 5.75 Å². The number of phenolic OH excluding ortho intramolecular Hbond substituents is 1. The normalized spacial score (nSPS) is 10.2. The summed E-state index contributed by atoms with van der Waals surface area (Å²) in [4.78, 5) is 11.2. The Morgan fingerprint density at radius 2 is 2.06 bits per heavy atom. The summed E-state index contributed by atoms with van der Waals surface area (Å²) in [5.74, 6) is 0.128. The summed E-state index contributed by atoms with van der Waals surface area (Å²) in [5.41, 5.74) is 2.71. The van der Waals surface area contributed by atoms with Crippen molar-refractivity contribution in [2.45, 2.75) is 33.6 Å². The van der Waals surface area contributed by atoms with Gasteiger partial charge in [0.25, 0.3) is 0 Å². The fraction of sp³-hybridized carbons (Fsp3) is 0.462. The predicted molar refractivity (Wildman–Crippen MR) is 62.5 cm³/mol. The zero-order valence-corrected chi connectivity index (χ0v) is 10.0. The number of ether oxygens (including phenoxy) is 1. The van der Waals surface area contributed by atoms with Gasteiger partial charge in [-0.1, -0.05) is 12.1 Å². The molecule has 0 aliphatic heterocycles. The number of phenols is 1. The van der Waals surface area contributed by atoms with E-state index in [9.17, 15) is 9.90 Å². The molecular formula is C13H18O3. The van der Waals surface area contributed by atoms with Gasteiger partial charge in [-0.05, 0) is 43.9 Å². The lowest BCUT2D eigenvalue weighted by molar-refractivity contribution is -0.143. The molecular weight excluding hydrogens is 204 g/mol. The summed E-state index contributed by atoms with van der Waals surface area (Å²) in [6, 6.07) is 3.81. The van der Waals surface area contributed by atoms with Crippen molar-refractivity contribution >= 4 is 5.97 Å². The van der Waals surface area contributed by atoms with Gasteiger partial charge >= 0.3 is 5.97 Å². The van der Waals surface area contributed by atoms with E-state index >= 15 is 0 Å². The molecule has 0 unspecified atom stereocenters. The summed E-state index contributed by atoms with van der Waals surface area (Å²) in [7, 11) is 0. The molecule has 0 aliphatic rings. The molecule has 0 atom stereocenters. The molecule has 1 N–H and O–H groups in total. The Morgan fingerprint density at radius 3 is 2.69 bits per heavy atom. The van der Waals surface area contributed by atoms with Crippen molar-refractivity contribution in [2.75, 3.05) is 6.61 Å². The van der Waals surface area contributed by atoms with Crippen molar-refractivity contribution in [3.8, 4) is 5.75 Å². The number of hydrogen-bond acceptors (Lipinski definition) is 3. The van der Waals surface area contributed by atoms with Gasteiger partial charge in [-0.2, -0.15) is 0 Å². The van der Waals surface area contributed by atoms with Crippen LogP contribution in [0.3, 0.4) is 0 Å². The van der Waals surface area contributed by atoms with Crippen molar-refractivity contribution < 1.29 is 14.6 Å². The van der Waals surface area contributed by atoms with E-state index in [1.54, 1.807) is 6.92 Å². The van der Waals surface area contributed by atoms with E-state index in [1.807, 2.05) is 26.0 Å². The van der Waals surface area contributed by atoms with Crippen molar-refractivity contribution in [3.05, 3.63) is 28.8 Å². The van der Waals surface area contributed by atoms with Crippen molar-refractivity contribution in [3.63, 3.8) is 0 Å². The van der Waals surface area contributed by atoms with E-state index in [-0.39, 0.29) is 5.97 Å². The van der Waals surface area contributed by atoms with Crippen molar-refractivity contribution in [1.29, 1.82) is 0 Å². The van der Waals surface area contributed by atoms with Gasteiger partial charge in [0, 0.05) is 6.42 Å². The van der Waals surface area contributed by atoms with Gasteiger partial charge in [0.05, 0.1) is 6.61 Å². The van der Waals surface area contributed by atoms with E-state index in [2.05, 4.69) is 0 Å². The second kappa shape index (κ2) is 5.54. The maximum absolute atomic E-state index is 11.2. The minimum Gasteiger partial charge on any atom is -0.507 e. The molecule has 16 heavy (non-hydrogen) atoms. The molecule has 0 spiro atoms. The van der Waals surface area contributed by atoms with Gasteiger partial charge in [-0.3, -0.25) is 4.79 Å². The highest BCUT2D eigenvalue weighted by Gasteiger charge is 2.08. The average Bonchev–Trinajstić information content (AvgIpc) is 2.25. The zero-order valence-electron chi connectivity index (χ0n) is 10.0. The molecule has 0 radical (unpaired) electrons. The molecule has 3 heteroatoms. The number of benzene rings is 1. The van der Waals surface area contributed by atoms with Crippen LogP contribution in [-0.4, -0.2) is 17.7 Å². The number of esters is 1. The fourth-order valence-corrected chi connectivity index (χ4v) is 1.62. The second-order valence-corrected chi connectivity index (χ2v) is 3.82. The molecule has 0 amide bonds. The van der Waals surface area contributed by atoms with E-state index in [4.69, 9.17) is 4.74 Å². The Labute approximate surface area is 96.1 Å². The molecule has 0 aromatic heterocycles. The fourth-order valence-electron chi connectivity index (χ4n) is 1.62. The minimum atomic E-state index is -0.193. The summed E-state index contributed by atoms with van der Waals surface area (Å²) in [5, 5.41) is 9.74. The Hall–Kier alpha value is -1.51. The van der Waals surface area contributed by atoms with Crippen molar-refractivity contribution in [2.24, 2.45) is 0 Å². The van der Waals surface area contributed by atoms with E-state index in [1.165, 1.54) is 0 Å². The van der Waals surface area contributed by atoms with Gasteiger partial charge in [0.15, 0.2) is 0 Å². The first-order valence-corrected chi connectivity index (χ1v) is 5.50. The topological polar surface area (TPSA) is 46.5 Å². The molecule has 1 rings (SSSR count). The Bertz CT molecular complexity index is 383. The lowest BCUT2D eigenvalue weighted by atomic mass is 10.0. The van der Waals surface area contributed by atoms with Crippen LogP contribution in [0.1, 0.15) is 30.0 Å². The number of aryl methyl sites for hydroxylation is 2. The third kappa shape index (κ3) is 2.99. The van der Waals surface area contributed by atoms with E-state index < -0.39 is 0 Å². The maximum atomic E-state index is 11.2. The predicted octanol–water partition coefficient (Wildman–Crippen LogP) is 2.50. The molecule has 88 valence electrons. The molecule has 1 aromatic rings. The number of aromatic hydroxyl groups is 1. The maximum Gasteiger partial charge on any atom is 0.306 e. The molecule has 0 saturated carbocycles.